The number of amides is 1. The second-order valence-electron chi connectivity index (χ2n) is 6.26. The average molecular weight is 318 g/mol. The van der Waals surface area contributed by atoms with E-state index < -0.39 is 14.6 Å². The Bertz CT molecular complexity index is 441. The van der Waals surface area contributed by atoms with E-state index in [1.165, 1.54) is 6.26 Å². The van der Waals surface area contributed by atoms with E-state index in [0.717, 1.165) is 19.3 Å². The number of hydrogen-bond donors (Lipinski definition) is 2. The van der Waals surface area contributed by atoms with E-state index in [1.807, 2.05) is 0 Å². The Morgan fingerprint density at radius 2 is 1.62 bits per heavy atom. The van der Waals surface area contributed by atoms with E-state index in [0.29, 0.717) is 32.5 Å². The second kappa shape index (κ2) is 7.09. The molecule has 0 aliphatic carbocycles. The van der Waals surface area contributed by atoms with Gasteiger partial charge < -0.3 is 10.6 Å². The molecule has 0 bridgehead atoms. The maximum Gasteiger partial charge on any atom is 0.241 e. The summed E-state index contributed by atoms with van der Waals surface area (Å²) in [5.41, 5.74) is 0.0707. The Labute approximate surface area is 129 Å². The summed E-state index contributed by atoms with van der Waals surface area (Å²) in [4.78, 5) is 12.6. The van der Waals surface area contributed by atoms with Crippen LogP contribution in [0.4, 0.5) is 0 Å². The van der Waals surface area contributed by atoms with Gasteiger partial charge in [0.1, 0.15) is 0 Å². The molecule has 1 amide bonds. The van der Waals surface area contributed by atoms with Gasteiger partial charge in [0.15, 0.2) is 14.6 Å². The third kappa shape index (κ3) is 3.77. The predicted molar refractivity (Wildman–Crippen MR) is 86.0 cm³/mol. The molecule has 6 heteroatoms. The summed E-state index contributed by atoms with van der Waals surface area (Å²) in [5.74, 6) is -0.314. The molecule has 21 heavy (non-hydrogen) atoms. The largest absolute Gasteiger partial charge is 0.354 e. The van der Waals surface area contributed by atoms with Crippen molar-refractivity contribution in [1.82, 2.24) is 10.6 Å². The molecular weight excluding hydrogens is 288 g/mol. The van der Waals surface area contributed by atoms with Gasteiger partial charge in [0.05, 0.1) is 0 Å². The first kappa shape index (κ1) is 18.4. The lowest BCUT2D eigenvalue weighted by Gasteiger charge is -2.37. The van der Waals surface area contributed by atoms with Gasteiger partial charge in [0.25, 0.3) is 0 Å². The molecule has 0 unspecified atom stereocenters. The average Bonchev–Trinajstić information content (AvgIpc) is 2.48. The molecule has 0 atom stereocenters. The maximum absolute atomic E-state index is 12.6. The number of piperidine rings is 1. The molecule has 5 nitrogen and oxygen atoms in total. The fraction of sp³-hybridized carbons (Fsp3) is 0.933. The fourth-order valence-electron chi connectivity index (χ4n) is 3.15. The van der Waals surface area contributed by atoms with Gasteiger partial charge in [-0.2, -0.15) is 0 Å². The van der Waals surface area contributed by atoms with Crippen LogP contribution in [0.3, 0.4) is 0 Å². The quantitative estimate of drug-likeness (QED) is 0.746. The topological polar surface area (TPSA) is 75.3 Å². The van der Waals surface area contributed by atoms with Crippen LogP contribution in [0.25, 0.3) is 0 Å². The Hall–Kier alpha value is -0.620. The lowest BCUT2D eigenvalue weighted by molar-refractivity contribution is -0.124. The van der Waals surface area contributed by atoms with E-state index in [-0.39, 0.29) is 11.3 Å². The minimum atomic E-state index is -3.43. The van der Waals surface area contributed by atoms with Gasteiger partial charge >= 0.3 is 0 Å². The van der Waals surface area contributed by atoms with Crippen LogP contribution in [0.2, 0.25) is 0 Å². The SMILES string of the molecule is CCC(CC)(CC)CNC(=O)C1(S(C)(=O)=O)CCNCC1. The Morgan fingerprint density at radius 3 is 2.00 bits per heavy atom. The molecule has 0 spiro atoms. The van der Waals surface area contributed by atoms with Gasteiger partial charge in [-0.1, -0.05) is 20.8 Å². The summed E-state index contributed by atoms with van der Waals surface area (Å²) in [7, 11) is -3.43. The molecule has 0 aromatic rings. The van der Waals surface area contributed by atoms with Crippen LogP contribution >= 0.6 is 0 Å². The summed E-state index contributed by atoms with van der Waals surface area (Å²) in [6, 6.07) is 0. The van der Waals surface area contributed by atoms with E-state index in [9.17, 15) is 13.2 Å². The molecule has 1 fully saturated rings. The van der Waals surface area contributed by atoms with E-state index in [1.54, 1.807) is 0 Å². The molecule has 0 radical (unpaired) electrons. The number of carbonyl (C=O) groups excluding carboxylic acids is 1. The molecule has 0 saturated carbocycles. The monoisotopic (exact) mass is 318 g/mol. The summed E-state index contributed by atoms with van der Waals surface area (Å²) >= 11 is 0. The summed E-state index contributed by atoms with van der Waals surface area (Å²) in [6.45, 7) is 8.06. The van der Waals surface area contributed by atoms with Crippen molar-refractivity contribution in [3.63, 3.8) is 0 Å². The Balaban J connectivity index is 2.89. The highest BCUT2D eigenvalue weighted by atomic mass is 32.2. The van der Waals surface area contributed by atoms with Crippen LogP contribution in [0.1, 0.15) is 52.9 Å². The van der Waals surface area contributed by atoms with E-state index >= 15 is 0 Å². The molecule has 0 aromatic heterocycles. The van der Waals surface area contributed by atoms with Crippen LogP contribution in [-0.2, 0) is 14.6 Å². The molecule has 1 aliphatic heterocycles. The van der Waals surface area contributed by atoms with Gasteiger partial charge in [0, 0.05) is 12.8 Å². The third-order valence-corrected chi connectivity index (χ3v) is 7.42. The van der Waals surface area contributed by atoms with Crippen molar-refractivity contribution < 1.29 is 13.2 Å². The minimum Gasteiger partial charge on any atom is -0.354 e. The van der Waals surface area contributed by atoms with Crippen LogP contribution in [-0.4, -0.2) is 45.0 Å². The lowest BCUT2D eigenvalue weighted by Crippen LogP contribution is -2.58. The van der Waals surface area contributed by atoms with E-state index in [4.69, 9.17) is 0 Å². The van der Waals surface area contributed by atoms with E-state index in [2.05, 4.69) is 31.4 Å². The highest BCUT2D eigenvalue weighted by Crippen LogP contribution is 2.31. The summed E-state index contributed by atoms with van der Waals surface area (Å²) in [6.07, 6.45) is 4.84. The van der Waals surface area contributed by atoms with Crippen LogP contribution in [0.5, 0.6) is 0 Å². The lowest BCUT2D eigenvalue weighted by atomic mass is 9.79. The first-order chi connectivity index (χ1) is 9.77. The van der Waals surface area contributed by atoms with Gasteiger partial charge in [-0.15, -0.1) is 0 Å². The van der Waals surface area contributed by atoms with Gasteiger partial charge in [-0.3, -0.25) is 4.79 Å². The van der Waals surface area contributed by atoms with Crippen molar-refractivity contribution in [2.45, 2.75) is 57.6 Å². The molecule has 0 aromatic carbocycles. The minimum absolute atomic E-state index is 0.0707. The van der Waals surface area contributed by atoms with Crippen molar-refractivity contribution in [1.29, 1.82) is 0 Å². The highest BCUT2D eigenvalue weighted by molar-refractivity contribution is 7.92. The van der Waals surface area contributed by atoms with Gasteiger partial charge in [-0.25, -0.2) is 8.42 Å². The smallest absolute Gasteiger partial charge is 0.241 e. The van der Waals surface area contributed by atoms with Crippen LogP contribution < -0.4 is 10.6 Å². The molecular formula is C15H30N2O3S. The van der Waals surface area contributed by atoms with Gasteiger partial charge in [0.2, 0.25) is 5.91 Å². The number of sulfone groups is 1. The van der Waals surface area contributed by atoms with Crippen LogP contribution in [0, 0.1) is 5.41 Å². The number of hydrogen-bond acceptors (Lipinski definition) is 4. The van der Waals surface area contributed by atoms with Crippen molar-refractivity contribution in [3.8, 4) is 0 Å². The Kier molecular flexibility index (Phi) is 6.23. The normalized spacial score (nSPS) is 19.2. The molecule has 1 saturated heterocycles. The number of carbonyl (C=O) groups is 1. The molecule has 2 N–H and O–H groups in total. The zero-order valence-electron chi connectivity index (χ0n) is 13.8. The fourth-order valence-corrected chi connectivity index (χ4v) is 4.51. The second-order valence-corrected chi connectivity index (χ2v) is 8.59. The summed E-state index contributed by atoms with van der Waals surface area (Å²) in [5, 5.41) is 6.08. The first-order valence-corrected chi connectivity index (χ1v) is 9.84. The zero-order chi connectivity index (χ0) is 16.1. The molecule has 1 aliphatic rings. The van der Waals surface area contributed by atoms with Crippen molar-refractivity contribution in [2.24, 2.45) is 5.41 Å². The van der Waals surface area contributed by atoms with Gasteiger partial charge in [-0.05, 0) is 50.6 Å². The van der Waals surface area contributed by atoms with Crippen LogP contribution in [0.15, 0.2) is 0 Å². The zero-order valence-corrected chi connectivity index (χ0v) is 14.6. The molecule has 1 heterocycles. The number of nitrogens with one attached hydrogen (secondary N) is 2. The Morgan fingerprint density at radius 1 is 1.14 bits per heavy atom. The van der Waals surface area contributed by atoms with Crippen molar-refractivity contribution >= 4 is 15.7 Å². The predicted octanol–water partition coefficient (Wildman–Crippen LogP) is 1.49. The standard InChI is InChI=1S/C15H30N2O3S/c1-5-14(6-2,7-3)12-17-13(18)15(21(4,19)20)8-10-16-11-9-15/h16H,5-12H2,1-4H3,(H,17,18). The first-order valence-electron chi connectivity index (χ1n) is 7.95. The molecule has 1 rings (SSSR count). The third-order valence-electron chi connectivity index (χ3n) is 5.41. The van der Waals surface area contributed by atoms with Crippen molar-refractivity contribution in [3.05, 3.63) is 0 Å². The maximum atomic E-state index is 12.6. The highest BCUT2D eigenvalue weighted by Gasteiger charge is 2.48. The molecule has 124 valence electrons. The summed E-state index contributed by atoms with van der Waals surface area (Å²) < 4.78 is 23.1. The number of rotatable bonds is 7. The van der Waals surface area contributed by atoms with Crippen molar-refractivity contribution in [2.75, 3.05) is 25.9 Å².